The predicted octanol–water partition coefficient (Wildman–Crippen LogP) is 1.54. The SMILES string of the molecule is NC1C(Cl)CCC1Br.Nc1ccncn1. The zero-order chi connectivity index (χ0) is 11.3. The van der Waals surface area contributed by atoms with Crippen molar-refractivity contribution in [1.82, 2.24) is 9.97 Å². The summed E-state index contributed by atoms with van der Waals surface area (Å²) in [6.07, 6.45) is 5.19. The van der Waals surface area contributed by atoms with Crippen LogP contribution in [0.2, 0.25) is 0 Å². The van der Waals surface area contributed by atoms with Crippen LogP contribution in [0, 0.1) is 0 Å². The first kappa shape index (κ1) is 12.7. The average Bonchev–Trinajstić information content (AvgIpc) is 2.52. The number of hydrogen-bond donors (Lipinski definition) is 2. The zero-order valence-electron chi connectivity index (χ0n) is 8.18. The minimum atomic E-state index is 0.164. The Morgan fingerprint density at radius 1 is 1.47 bits per heavy atom. The summed E-state index contributed by atoms with van der Waals surface area (Å²) in [5, 5.41) is 0.194. The molecule has 1 fully saturated rings. The fourth-order valence-electron chi connectivity index (χ4n) is 1.23. The normalized spacial score (nSPS) is 29.4. The molecule has 1 aromatic heterocycles. The van der Waals surface area contributed by atoms with Crippen LogP contribution in [-0.2, 0) is 0 Å². The Hall–Kier alpha value is -0.390. The van der Waals surface area contributed by atoms with E-state index in [9.17, 15) is 0 Å². The number of nitrogens with two attached hydrogens (primary N) is 2. The smallest absolute Gasteiger partial charge is 0.126 e. The number of aromatic nitrogens is 2. The molecule has 1 heterocycles. The number of nitrogen functional groups attached to an aromatic ring is 1. The number of anilines is 1. The van der Waals surface area contributed by atoms with Gasteiger partial charge in [-0.2, -0.15) is 0 Å². The number of rotatable bonds is 0. The molecule has 4 nitrogen and oxygen atoms in total. The molecule has 0 aromatic carbocycles. The summed E-state index contributed by atoms with van der Waals surface area (Å²) in [4.78, 5) is 7.75. The van der Waals surface area contributed by atoms with E-state index in [4.69, 9.17) is 23.1 Å². The third-order valence-electron chi connectivity index (χ3n) is 2.16. The number of halogens is 2. The fraction of sp³-hybridized carbons (Fsp3) is 0.556. The van der Waals surface area contributed by atoms with Gasteiger partial charge in [-0.15, -0.1) is 11.6 Å². The second kappa shape index (κ2) is 6.25. The molecule has 3 atom stereocenters. The molecule has 0 radical (unpaired) electrons. The van der Waals surface area contributed by atoms with Gasteiger partial charge in [-0.25, -0.2) is 9.97 Å². The van der Waals surface area contributed by atoms with Crippen molar-refractivity contribution >= 4 is 33.3 Å². The summed E-state index contributed by atoms with van der Waals surface area (Å²) in [7, 11) is 0. The van der Waals surface area contributed by atoms with Crippen LogP contribution in [0.1, 0.15) is 12.8 Å². The number of nitrogens with zero attached hydrogens (tertiary/aromatic N) is 2. The molecular formula is C9H14BrClN4. The molecule has 15 heavy (non-hydrogen) atoms. The van der Waals surface area contributed by atoms with Crippen LogP contribution in [0.3, 0.4) is 0 Å². The fourth-order valence-corrected chi connectivity index (χ4v) is 2.34. The van der Waals surface area contributed by atoms with Crippen molar-refractivity contribution in [3.05, 3.63) is 18.6 Å². The molecule has 0 saturated heterocycles. The van der Waals surface area contributed by atoms with Gasteiger partial charge in [0.15, 0.2) is 0 Å². The highest BCUT2D eigenvalue weighted by Crippen LogP contribution is 2.28. The highest BCUT2D eigenvalue weighted by atomic mass is 79.9. The lowest BCUT2D eigenvalue weighted by molar-refractivity contribution is 0.730. The van der Waals surface area contributed by atoms with Crippen LogP contribution < -0.4 is 11.5 Å². The molecule has 84 valence electrons. The van der Waals surface area contributed by atoms with Crippen LogP contribution in [0.5, 0.6) is 0 Å². The molecule has 1 aliphatic carbocycles. The van der Waals surface area contributed by atoms with Gasteiger partial charge in [0.1, 0.15) is 12.1 Å². The van der Waals surface area contributed by atoms with E-state index in [2.05, 4.69) is 25.9 Å². The van der Waals surface area contributed by atoms with Crippen LogP contribution >= 0.6 is 27.5 Å². The molecule has 0 amide bonds. The Balaban J connectivity index is 0.000000151. The molecule has 6 heteroatoms. The molecule has 1 saturated carbocycles. The van der Waals surface area contributed by atoms with Gasteiger partial charge in [-0.05, 0) is 18.9 Å². The predicted molar refractivity (Wildman–Crippen MR) is 66.0 cm³/mol. The first-order chi connectivity index (χ1) is 7.11. The molecule has 3 unspecified atom stereocenters. The summed E-state index contributed by atoms with van der Waals surface area (Å²) in [5.41, 5.74) is 10.8. The van der Waals surface area contributed by atoms with E-state index in [0.717, 1.165) is 12.8 Å². The standard InChI is InChI=1S/C5H9BrClN.C4H5N3/c6-3-1-2-4(7)5(3)8;5-4-1-2-6-3-7-4/h3-5H,1-2,8H2;1-3H,(H2,5,6,7). The van der Waals surface area contributed by atoms with E-state index in [1.807, 2.05) is 0 Å². The first-order valence-electron chi connectivity index (χ1n) is 4.66. The lowest BCUT2D eigenvalue weighted by Crippen LogP contribution is -2.31. The van der Waals surface area contributed by atoms with Crippen molar-refractivity contribution in [1.29, 1.82) is 0 Å². The van der Waals surface area contributed by atoms with Crippen molar-refractivity contribution in [2.45, 2.75) is 29.1 Å². The molecule has 0 aliphatic heterocycles. The molecule has 1 aliphatic rings. The van der Waals surface area contributed by atoms with Crippen LogP contribution in [0.4, 0.5) is 5.82 Å². The summed E-state index contributed by atoms with van der Waals surface area (Å²) >= 11 is 9.24. The molecule has 4 N–H and O–H groups in total. The van der Waals surface area contributed by atoms with Gasteiger partial charge in [0.2, 0.25) is 0 Å². The topological polar surface area (TPSA) is 77.8 Å². The molecule has 0 spiro atoms. The van der Waals surface area contributed by atoms with Crippen molar-refractivity contribution < 1.29 is 0 Å². The van der Waals surface area contributed by atoms with Crippen molar-refractivity contribution in [2.24, 2.45) is 5.73 Å². The van der Waals surface area contributed by atoms with Gasteiger partial charge in [0, 0.05) is 22.4 Å². The van der Waals surface area contributed by atoms with Gasteiger partial charge >= 0.3 is 0 Å². The number of hydrogen-bond acceptors (Lipinski definition) is 4. The summed E-state index contributed by atoms with van der Waals surface area (Å²) in [6, 6.07) is 1.80. The molecule has 0 bridgehead atoms. The minimum absolute atomic E-state index is 0.164. The summed E-state index contributed by atoms with van der Waals surface area (Å²) in [5.74, 6) is 0.509. The van der Waals surface area contributed by atoms with E-state index in [1.54, 1.807) is 12.3 Å². The Labute approximate surface area is 103 Å². The molecular weight excluding hydrogens is 279 g/mol. The highest BCUT2D eigenvalue weighted by Gasteiger charge is 2.29. The Morgan fingerprint density at radius 3 is 2.40 bits per heavy atom. The lowest BCUT2D eigenvalue weighted by Gasteiger charge is -2.08. The second-order valence-corrected chi connectivity index (χ2v) is 5.06. The lowest BCUT2D eigenvalue weighted by atomic mass is 10.3. The van der Waals surface area contributed by atoms with Gasteiger partial charge in [-0.3, -0.25) is 0 Å². The largest absolute Gasteiger partial charge is 0.384 e. The third kappa shape index (κ3) is 4.32. The van der Waals surface area contributed by atoms with Gasteiger partial charge < -0.3 is 11.5 Å². The second-order valence-electron chi connectivity index (χ2n) is 3.32. The number of alkyl halides is 2. The van der Waals surface area contributed by atoms with Crippen molar-refractivity contribution in [3.63, 3.8) is 0 Å². The minimum Gasteiger partial charge on any atom is -0.384 e. The monoisotopic (exact) mass is 292 g/mol. The van der Waals surface area contributed by atoms with E-state index >= 15 is 0 Å². The van der Waals surface area contributed by atoms with Crippen molar-refractivity contribution in [2.75, 3.05) is 5.73 Å². The van der Waals surface area contributed by atoms with Gasteiger partial charge in [0.25, 0.3) is 0 Å². The van der Waals surface area contributed by atoms with Crippen LogP contribution in [-0.4, -0.2) is 26.2 Å². The van der Waals surface area contributed by atoms with Crippen LogP contribution in [0.25, 0.3) is 0 Å². The maximum atomic E-state index is 5.80. The zero-order valence-corrected chi connectivity index (χ0v) is 10.5. The Bertz CT molecular complexity index is 275. The molecule has 2 rings (SSSR count). The molecule has 1 aromatic rings. The summed E-state index contributed by atoms with van der Waals surface area (Å²) in [6.45, 7) is 0. The van der Waals surface area contributed by atoms with E-state index in [1.165, 1.54) is 6.33 Å². The van der Waals surface area contributed by atoms with E-state index < -0.39 is 0 Å². The van der Waals surface area contributed by atoms with E-state index in [0.29, 0.717) is 10.6 Å². The Kier molecular flexibility index (Phi) is 5.28. The van der Waals surface area contributed by atoms with Gasteiger partial charge in [-0.1, -0.05) is 15.9 Å². The quantitative estimate of drug-likeness (QED) is 0.711. The highest BCUT2D eigenvalue weighted by molar-refractivity contribution is 9.09. The maximum absolute atomic E-state index is 5.80. The first-order valence-corrected chi connectivity index (χ1v) is 6.01. The maximum Gasteiger partial charge on any atom is 0.126 e. The van der Waals surface area contributed by atoms with Crippen molar-refractivity contribution in [3.8, 4) is 0 Å². The summed E-state index contributed by atoms with van der Waals surface area (Å²) < 4.78 is 0. The third-order valence-corrected chi connectivity index (χ3v) is 3.74. The van der Waals surface area contributed by atoms with Gasteiger partial charge in [0.05, 0.1) is 0 Å². The Morgan fingerprint density at radius 2 is 2.20 bits per heavy atom. The van der Waals surface area contributed by atoms with Crippen LogP contribution in [0.15, 0.2) is 18.6 Å². The van der Waals surface area contributed by atoms with E-state index in [-0.39, 0.29) is 11.4 Å². The average molecular weight is 294 g/mol.